The summed E-state index contributed by atoms with van der Waals surface area (Å²) in [5.41, 5.74) is 1.21. The van der Waals surface area contributed by atoms with Gasteiger partial charge in [0.1, 0.15) is 5.60 Å². The van der Waals surface area contributed by atoms with Crippen LogP contribution in [0.5, 0.6) is 0 Å². The Bertz CT molecular complexity index is 291. The van der Waals surface area contributed by atoms with Gasteiger partial charge in [-0.25, -0.2) is 0 Å². The summed E-state index contributed by atoms with van der Waals surface area (Å²) < 4.78 is 4.97. The molecule has 1 N–H and O–H groups in total. The van der Waals surface area contributed by atoms with Crippen LogP contribution >= 0.6 is 11.6 Å². The first kappa shape index (κ1) is 12.5. The number of aliphatic hydroxyl groups is 1. The lowest BCUT2D eigenvalue weighted by Crippen LogP contribution is -2.46. The topological polar surface area (TPSA) is 29.5 Å². The van der Waals surface area contributed by atoms with Crippen LogP contribution < -0.4 is 0 Å². The number of hydrogen-bond donors (Lipinski definition) is 1. The first-order valence-corrected chi connectivity index (χ1v) is 5.73. The van der Waals surface area contributed by atoms with Gasteiger partial charge in [0.2, 0.25) is 0 Å². The highest BCUT2D eigenvalue weighted by Gasteiger charge is 2.37. The molecule has 3 heteroatoms. The normalized spacial score (nSPS) is 17.3. The van der Waals surface area contributed by atoms with E-state index < -0.39 is 5.60 Å². The van der Waals surface area contributed by atoms with Crippen LogP contribution in [-0.2, 0) is 16.2 Å². The molecule has 0 saturated carbocycles. The summed E-state index contributed by atoms with van der Waals surface area (Å²) in [5, 5.41) is 9.89. The van der Waals surface area contributed by atoms with Crippen molar-refractivity contribution in [3.05, 3.63) is 35.4 Å². The minimum Gasteiger partial charge on any atom is -0.380 e. The highest BCUT2D eigenvalue weighted by atomic mass is 35.5. The Kier molecular flexibility index (Phi) is 4.58. The van der Waals surface area contributed by atoms with Crippen LogP contribution in [0.4, 0.5) is 0 Å². The van der Waals surface area contributed by atoms with Crippen molar-refractivity contribution >= 4 is 11.6 Å². The number of rotatable bonds is 2. The van der Waals surface area contributed by atoms with Gasteiger partial charge in [-0.15, -0.1) is 11.6 Å². The van der Waals surface area contributed by atoms with Crippen LogP contribution in [-0.4, -0.2) is 18.3 Å². The molecule has 1 saturated heterocycles. The minimum absolute atomic E-state index is 0.396. The van der Waals surface area contributed by atoms with Crippen molar-refractivity contribution in [2.75, 3.05) is 13.2 Å². The molecule has 1 heterocycles. The molecule has 2 nitrogen and oxygen atoms in total. The van der Waals surface area contributed by atoms with Crippen molar-refractivity contribution in [1.29, 1.82) is 0 Å². The Morgan fingerprint density at radius 3 is 2.13 bits per heavy atom. The highest BCUT2D eigenvalue weighted by molar-refractivity contribution is 6.17. The first-order chi connectivity index (χ1) is 7.24. The molecule has 1 aliphatic rings. The zero-order chi connectivity index (χ0) is 11.3. The van der Waals surface area contributed by atoms with Crippen molar-refractivity contribution in [3.8, 4) is 0 Å². The van der Waals surface area contributed by atoms with Gasteiger partial charge in [-0.05, 0) is 11.1 Å². The summed E-state index contributed by atoms with van der Waals surface area (Å²) in [4.78, 5) is 0. The fourth-order valence-electron chi connectivity index (χ4n) is 1.37. The molecule has 1 aromatic rings. The SMILES string of the molecule is CC.OC1(c2ccc(CCl)cc2)COC1. The summed E-state index contributed by atoms with van der Waals surface area (Å²) in [6, 6.07) is 7.66. The summed E-state index contributed by atoms with van der Waals surface area (Å²) >= 11 is 5.65. The minimum atomic E-state index is -0.759. The monoisotopic (exact) mass is 228 g/mol. The van der Waals surface area contributed by atoms with E-state index in [1.165, 1.54) is 0 Å². The van der Waals surface area contributed by atoms with E-state index in [0.717, 1.165) is 11.1 Å². The van der Waals surface area contributed by atoms with Gasteiger partial charge >= 0.3 is 0 Å². The Balaban J connectivity index is 0.000000531. The lowest BCUT2D eigenvalue weighted by molar-refractivity contribution is -0.184. The maximum atomic E-state index is 9.89. The van der Waals surface area contributed by atoms with E-state index in [-0.39, 0.29) is 0 Å². The Morgan fingerprint density at radius 1 is 1.27 bits per heavy atom. The average molecular weight is 229 g/mol. The third kappa shape index (κ3) is 2.71. The second kappa shape index (κ2) is 5.50. The van der Waals surface area contributed by atoms with Gasteiger partial charge in [0.25, 0.3) is 0 Å². The van der Waals surface area contributed by atoms with E-state index in [1.54, 1.807) is 0 Å². The maximum Gasteiger partial charge on any atom is 0.136 e. The molecule has 0 unspecified atom stereocenters. The fourth-order valence-corrected chi connectivity index (χ4v) is 1.54. The predicted molar refractivity (Wildman–Crippen MR) is 62.1 cm³/mol. The summed E-state index contributed by atoms with van der Waals surface area (Å²) in [6.07, 6.45) is 0. The second-order valence-electron chi connectivity index (χ2n) is 3.35. The molecule has 1 aliphatic heterocycles. The van der Waals surface area contributed by atoms with Crippen LogP contribution in [0.25, 0.3) is 0 Å². The standard InChI is InChI=1S/C10H11ClO2.C2H6/c11-5-8-1-3-9(4-2-8)10(12)6-13-7-10;1-2/h1-4,12H,5-7H2;1-2H3. The third-order valence-electron chi connectivity index (χ3n) is 2.33. The molecule has 2 rings (SSSR count). The van der Waals surface area contributed by atoms with Gasteiger partial charge in [-0.2, -0.15) is 0 Å². The summed E-state index contributed by atoms with van der Waals surface area (Å²) in [5.74, 6) is 0.509. The molecule has 15 heavy (non-hydrogen) atoms. The van der Waals surface area contributed by atoms with E-state index in [4.69, 9.17) is 16.3 Å². The van der Waals surface area contributed by atoms with E-state index in [2.05, 4.69) is 0 Å². The molecule has 0 atom stereocenters. The molecule has 0 aromatic heterocycles. The summed E-state index contributed by atoms with van der Waals surface area (Å²) in [6.45, 7) is 4.79. The molecule has 0 spiro atoms. The van der Waals surface area contributed by atoms with Gasteiger partial charge in [-0.1, -0.05) is 38.1 Å². The van der Waals surface area contributed by atoms with Crippen molar-refractivity contribution < 1.29 is 9.84 Å². The zero-order valence-corrected chi connectivity index (χ0v) is 9.92. The van der Waals surface area contributed by atoms with Crippen LogP contribution in [0.2, 0.25) is 0 Å². The molecular weight excluding hydrogens is 212 g/mol. The van der Waals surface area contributed by atoms with Crippen LogP contribution in [0, 0.1) is 0 Å². The van der Waals surface area contributed by atoms with E-state index in [0.29, 0.717) is 19.1 Å². The summed E-state index contributed by atoms with van der Waals surface area (Å²) in [7, 11) is 0. The number of hydrogen-bond acceptors (Lipinski definition) is 2. The van der Waals surface area contributed by atoms with Crippen LogP contribution in [0.3, 0.4) is 0 Å². The van der Waals surface area contributed by atoms with Gasteiger partial charge in [0.15, 0.2) is 0 Å². The van der Waals surface area contributed by atoms with E-state index in [9.17, 15) is 5.11 Å². The molecule has 0 radical (unpaired) electrons. The molecule has 0 aliphatic carbocycles. The quantitative estimate of drug-likeness (QED) is 0.789. The molecule has 0 bridgehead atoms. The Morgan fingerprint density at radius 2 is 1.80 bits per heavy atom. The van der Waals surface area contributed by atoms with Gasteiger partial charge in [-0.3, -0.25) is 0 Å². The number of ether oxygens (including phenoxy) is 1. The number of benzene rings is 1. The molecule has 0 amide bonds. The predicted octanol–water partition coefficient (Wildman–Crippen LogP) is 2.67. The van der Waals surface area contributed by atoms with Crippen LogP contribution in [0.1, 0.15) is 25.0 Å². The molecule has 84 valence electrons. The first-order valence-electron chi connectivity index (χ1n) is 5.20. The van der Waals surface area contributed by atoms with Crippen LogP contribution in [0.15, 0.2) is 24.3 Å². The van der Waals surface area contributed by atoms with Gasteiger partial charge in [0, 0.05) is 5.88 Å². The fraction of sp³-hybridized carbons (Fsp3) is 0.500. The van der Waals surface area contributed by atoms with Crippen molar-refractivity contribution in [2.45, 2.75) is 25.3 Å². The Labute approximate surface area is 95.8 Å². The lowest BCUT2D eigenvalue weighted by atomic mass is 9.92. The van der Waals surface area contributed by atoms with Gasteiger partial charge < -0.3 is 9.84 Å². The second-order valence-corrected chi connectivity index (χ2v) is 3.62. The highest BCUT2D eigenvalue weighted by Crippen LogP contribution is 2.29. The largest absolute Gasteiger partial charge is 0.380 e. The van der Waals surface area contributed by atoms with Crippen molar-refractivity contribution in [3.63, 3.8) is 0 Å². The molecular formula is C12H17ClO2. The maximum absolute atomic E-state index is 9.89. The zero-order valence-electron chi connectivity index (χ0n) is 9.16. The smallest absolute Gasteiger partial charge is 0.136 e. The lowest BCUT2D eigenvalue weighted by Gasteiger charge is -2.36. The van der Waals surface area contributed by atoms with E-state index >= 15 is 0 Å². The number of alkyl halides is 1. The average Bonchev–Trinajstić information content (AvgIpc) is 2.29. The van der Waals surface area contributed by atoms with Crippen molar-refractivity contribution in [1.82, 2.24) is 0 Å². The van der Waals surface area contributed by atoms with Crippen molar-refractivity contribution in [2.24, 2.45) is 0 Å². The number of halogens is 1. The third-order valence-corrected chi connectivity index (χ3v) is 2.64. The Hall–Kier alpha value is -0.570. The molecule has 1 fully saturated rings. The van der Waals surface area contributed by atoms with Gasteiger partial charge in [0.05, 0.1) is 13.2 Å². The van der Waals surface area contributed by atoms with E-state index in [1.807, 2.05) is 38.1 Å². The molecule has 1 aromatic carbocycles.